The van der Waals surface area contributed by atoms with Crippen molar-refractivity contribution in [3.8, 4) is 0 Å². The van der Waals surface area contributed by atoms with Crippen LogP contribution in [0, 0.1) is 17.7 Å². The van der Waals surface area contributed by atoms with Crippen molar-refractivity contribution in [3.63, 3.8) is 0 Å². The van der Waals surface area contributed by atoms with Gasteiger partial charge < -0.3 is 15.5 Å². The molecule has 0 radical (unpaired) electrons. The quantitative estimate of drug-likeness (QED) is 0.279. The second kappa shape index (κ2) is 12.5. The minimum Gasteiger partial charge on any atom is -0.378 e. The second-order valence-corrected chi connectivity index (χ2v) is 10.1. The number of nitrogens with one attached hydrogen (secondary N) is 2. The molecule has 0 aromatic heterocycles. The van der Waals surface area contributed by atoms with Crippen molar-refractivity contribution in [3.05, 3.63) is 53.0 Å². The lowest BCUT2D eigenvalue weighted by atomic mass is 10.1. The van der Waals surface area contributed by atoms with E-state index in [1.54, 1.807) is 0 Å². The van der Waals surface area contributed by atoms with Crippen molar-refractivity contribution >= 4 is 20.5 Å². The molecule has 1 saturated carbocycles. The molecular formula is C26H41FN3OP. The molecule has 0 spiro atoms. The molecule has 4 nitrogen and oxygen atoms in total. The van der Waals surface area contributed by atoms with E-state index in [9.17, 15) is 9.18 Å². The van der Waals surface area contributed by atoms with Gasteiger partial charge in [0.1, 0.15) is 5.82 Å². The van der Waals surface area contributed by atoms with E-state index in [4.69, 9.17) is 0 Å². The summed E-state index contributed by atoms with van der Waals surface area (Å²) in [4.78, 5) is 15.4. The van der Waals surface area contributed by atoms with Crippen molar-refractivity contribution in [2.45, 2.75) is 66.0 Å². The van der Waals surface area contributed by atoms with Crippen LogP contribution in [-0.2, 0) is 11.2 Å². The Kier molecular flexibility index (Phi) is 10.4. The fraction of sp³-hybridized carbons (Fsp3) is 0.577. The summed E-state index contributed by atoms with van der Waals surface area (Å²) in [5.41, 5.74) is 2.59. The first kappa shape index (κ1) is 26.5. The molecule has 1 aliphatic carbocycles. The Morgan fingerprint density at radius 3 is 2.62 bits per heavy atom. The lowest BCUT2D eigenvalue weighted by molar-refractivity contribution is -0.117. The first-order valence-corrected chi connectivity index (χ1v) is 12.4. The molecule has 0 aliphatic heterocycles. The topological polar surface area (TPSA) is 44.4 Å². The van der Waals surface area contributed by atoms with Crippen molar-refractivity contribution in [2.24, 2.45) is 11.8 Å². The summed E-state index contributed by atoms with van der Waals surface area (Å²) >= 11 is 0. The molecule has 0 saturated heterocycles. The van der Waals surface area contributed by atoms with Crippen molar-refractivity contribution in [1.29, 1.82) is 0 Å². The van der Waals surface area contributed by atoms with Gasteiger partial charge in [0, 0.05) is 36.9 Å². The summed E-state index contributed by atoms with van der Waals surface area (Å²) in [6, 6.07) is 4.93. The van der Waals surface area contributed by atoms with Gasteiger partial charge in [-0.05, 0) is 87.5 Å². The fourth-order valence-electron chi connectivity index (χ4n) is 3.89. The zero-order chi connectivity index (χ0) is 23.8. The average Bonchev–Trinajstić information content (AvgIpc) is 3.40. The molecule has 1 aromatic carbocycles. The highest BCUT2D eigenvalue weighted by atomic mass is 31.0. The Bertz CT molecular complexity index is 818. The molecule has 0 heterocycles. The van der Waals surface area contributed by atoms with Gasteiger partial charge in [0.2, 0.25) is 0 Å². The zero-order valence-electron chi connectivity index (χ0n) is 20.5. The van der Waals surface area contributed by atoms with Crippen LogP contribution < -0.4 is 15.9 Å². The predicted octanol–water partition coefficient (Wildman–Crippen LogP) is 4.18. The minimum atomic E-state index is -0.256. The first-order chi connectivity index (χ1) is 15.1. The Morgan fingerprint density at radius 2 is 2.03 bits per heavy atom. The van der Waals surface area contributed by atoms with E-state index in [1.807, 2.05) is 39.1 Å². The Labute approximate surface area is 196 Å². The van der Waals surface area contributed by atoms with Crippen molar-refractivity contribution in [2.75, 3.05) is 20.1 Å². The molecule has 4 unspecified atom stereocenters. The third-order valence-corrected chi connectivity index (χ3v) is 6.43. The third kappa shape index (κ3) is 9.03. The normalized spacial score (nSPS) is 20.6. The van der Waals surface area contributed by atoms with Crippen LogP contribution in [0.3, 0.4) is 0 Å². The van der Waals surface area contributed by atoms with E-state index in [0.717, 1.165) is 47.9 Å². The standard InChI is InChI=1S/C26H41FN3OP/c1-7-8-30(6)20(5)12-22(11-18(3)28-16-23-9-17(23)2)26(31)29-19(4)10-21-13-24(27)15-25(32)14-21/h11-15,17-19,23,28H,7-10,16,32H2,1-6H3,(H,29,31)/b20-12+,22-11+/t17?,18?,19-,23?/m1/s1. The lowest BCUT2D eigenvalue weighted by Gasteiger charge is -2.21. The van der Waals surface area contributed by atoms with Gasteiger partial charge in [0.25, 0.3) is 5.91 Å². The summed E-state index contributed by atoms with van der Waals surface area (Å²) < 4.78 is 13.7. The SMILES string of the molecule is CCCN(C)/C(C)=C/C(=C\C(C)NCC1CC1C)C(=O)N[C@H](C)Cc1cc(F)cc(P)c1. The molecule has 178 valence electrons. The van der Waals surface area contributed by atoms with Gasteiger partial charge >= 0.3 is 0 Å². The monoisotopic (exact) mass is 461 g/mol. The van der Waals surface area contributed by atoms with Crippen LogP contribution in [0.2, 0.25) is 0 Å². The Morgan fingerprint density at radius 1 is 1.34 bits per heavy atom. The van der Waals surface area contributed by atoms with Crippen LogP contribution in [0.4, 0.5) is 4.39 Å². The van der Waals surface area contributed by atoms with Gasteiger partial charge in [0.15, 0.2) is 0 Å². The predicted molar refractivity (Wildman–Crippen MR) is 137 cm³/mol. The first-order valence-electron chi connectivity index (χ1n) is 11.8. The van der Waals surface area contributed by atoms with E-state index < -0.39 is 0 Å². The molecule has 5 atom stereocenters. The molecule has 6 heteroatoms. The van der Waals surface area contributed by atoms with Crippen LogP contribution in [0.25, 0.3) is 0 Å². The molecule has 1 aromatic rings. The van der Waals surface area contributed by atoms with Crippen LogP contribution in [0.15, 0.2) is 41.6 Å². The molecule has 1 aliphatic rings. The summed E-state index contributed by atoms with van der Waals surface area (Å²) in [6.45, 7) is 12.4. The van der Waals surface area contributed by atoms with Crippen molar-refractivity contribution < 1.29 is 9.18 Å². The fourth-order valence-corrected chi connectivity index (χ4v) is 4.26. The highest BCUT2D eigenvalue weighted by Gasteiger charge is 2.31. The van der Waals surface area contributed by atoms with Gasteiger partial charge in [-0.1, -0.05) is 26.0 Å². The summed E-state index contributed by atoms with van der Waals surface area (Å²) in [5, 5.41) is 7.46. The number of halogens is 1. The number of amides is 1. The van der Waals surface area contributed by atoms with E-state index in [2.05, 4.69) is 45.5 Å². The van der Waals surface area contributed by atoms with E-state index in [0.29, 0.717) is 12.0 Å². The largest absolute Gasteiger partial charge is 0.378 e. The summed E-state index contributed by atoms with van der Waals surface area (Å²) in [7, 11) is 4.58. The van der Waals surface area contributed by atoms with Gasteiger partial charge in [-0.2, -0.15) is 0 Å². The molecule has 1 fully saturated rings. The van der Waals surface area contributed by atoms with Crippen molar-refractivity contribution in [1.82, 2.24) is 15.5 Å². The Hall–Kier alpha value is -1.71. The number of benzene rings is 1. The number of nitrogens with zero attached hydrogens (tertiary/aromatic N) is 1. The average molecular weight is 462 g/mol. The van der Waals surface area contributed by atoms with Gasteiger partial charge in [-0.25, -0.2) is 4.39 Å². The molecule has 2 N–H and O–H groups in total. The molecule has 2 rings (SSSR count). The number of allylic oxidation sites excluding steroid dienone is 1. The highest BCUT2D eigenvalue weighted by Crippen LogP contribution is 2.36. The second-order valence-electron chi connectivity index (χ2n) is 9.47. The molecular weight excluding hydrogens is 420 g/mol. The number of hydrogen-bond donors (Lipinski definition) is 2. The summed E-state index contributed by atoms with van der Waals surface area (Å²) in [5.74, 6) is 1.20. The lowest BCUT2D eigenvalue weighted by Crippen LogP contribution is -2.36. The van der Waals surface area contributed by atoms with Crippen LogP contribution in [0.1, 0.15) is 53.0 Å². The zero-order valence-corrected chi connectivity index (χ0v) is 21.7. The van der Waals surface area contributed by atoms with Crippen LogP contribution >= 0.6 is 9.24 Å². The smallest absolute Gasteiger partial charge is 0.251 e. The number of rotatable bonds is 12. The maximum atomic E-state index is 13.7. The molecule has 0 bridgehead atoms. The maximum absolute atomic E-state index is 13.7. The van der Waals surface area contributed by atoms with Crippen LogP contribution in [-0.4, -0.2) is 43.0 Å². The van der Waals surface area contributed by atoms with Crippen LogP contribution in [0.5, 0.6) is 0 Å². The van der Waals surface area contributed by atoms with Gasteiger partial charge in [-0.15, -0.1) is 9.24 Å². The summed E-state index contributed by atoms with van der Waals surface area (Å²) in [6.07, 6.45) is 6.89. The highest BCUT2D eigenvalue weighted by molar-refractivity contribution is 7.27. The maximum Gasteiger partial charge on any atom is 0.251 e. The van der Waals surface area contributed by atoms with E-state index in [-0.39, 0.29) is 23.8 Å². The Balaban J connectivity index is 2.10. The number of hydrogen-bond acceptors (Lipinski definition) is 3. The third-order valence-electron chi connectivity index (χ3n) is 6.09. The van der Waals surface area contributed by atoms with Gasteiger partial charge in [0.05, 0.1) is 0 Å². The van der Waals surface area contributed by atoms with E-state index >= 15 is 0 Å². The molecule has 1 amide bonds. The number of carbonyl (C=O) groups excluding carboxylic acids is 1. The van der Waals surface area contributed by atoms with E-state index in [1.165, 1.54) is 18.6 Å². The molecule has 32 heavy (non-hydrogen) atoms. The minimum absolute atomic E-state index is 0.0993. The van der Waals surface area contributed by atoms with Gasteiger partial charge in [-0.3, -0.25) is 4.79 Å². The number of carbonyl (C=O) groups is 1.